The first kappa shape index (κ1) is 20.6. The third-order valence-electron chi connectivity index (χ3n) is 4.54. The Bertz CT molecular complexity index is 789. The zero-order chi connectivity index (χ0) is 20.0. The molecule has 2 rings (SSSR count). The van der Waals surface area contributed by atoms with Crippen molar-refractivity contribution in [2.45, 2.75) is 47.3 Å². The Morgan fingerprint density at radius 2 is 2.00 bits per heavy atom. The molecule has 1 aromatic heterocycles. The summed E-state index contributed by atoms with van der Waals surface area (Å²) < 4.78 is 16.4. The summed E-state index contributed by atoms with van der Waals surface area (Å²) in [5.74, 6) is 2.23. The summed E-state index contributed by atoms with van der Waals surface area (Å²) in [5.41, 5.74) is 2.59. The maximum absolute atomic E-state index is 12.0. The molecule has 0 aliphatic carbocycles. The summed E-state index contributed by atoms with van der Waals surface area (Å²) in [6.45, 7) is 10.2. The largest absolute Gasteiger partial charge is 0.493 e. The lowest BCUT2D eigenvalue weighted by Crippen LogP contribution is -2.34. The van der Waals surface area contributed by atoms with Crippen molar-refractivity contribution in [3.8, 4) is 11.5 Å². The molecule has 146 valence electrons. The van der Waals surface area contributed by atoms with Gasteiger partial charge in [0.05, 0.1) is 18.4 Å². The molecule has 1 unspecified atom stereocenters. The molecule has 0 fully saturated rings. The van der Waals surface area contributed by atoms with Crippen LogP contribution in [0, 0.1) is 19.8 Å². The van der Waals surface area contributed by atoms with Gasteiger partial charge in [0.1, 0.15) is 12.4 Å². The van der Waals surface area contributed by atoms with Crippen LogP contribution in [0.5, 0.6) is 11.5 Å². The SMILES string of the molecule is COc1cc(/C=C/C(=O)NC(C)C(C)C)ccc1OCc1c(C)noc1C. The van der Waals surface area contributed by atoms with E-state index in [1.165, 1.54) is 6.08 Å². The van der Waals surface area contributed by atoms with Gasteiger partial charge in [-0.05, 0) is 50.5 Å². The number of methoxy groups -OCH3 is 1. The van der Waals surface area contributed by atoms with Crippen LogP contribution in [0.4, 0.5) is 0 Å². The van der Waals surface area contributed by atoms with Gasteiger partial charge in [0.15, 0.2) is 11.5 Å². The third kappa shape index (κ3) is 5.61. The number of nitrogens with zero attached hydrogens (tertiary/aromatic N) is 1. The Morgan fingerprint density at radius 3 is 2.59 bits per heavy atom. The molecule has 1 aromatic carbocycles. The van der Waals surface area contributed by atoms with E-state index in [4.69, 9.17) is 14.0 Å². The van der Waals surface area contributed by atoms with Gasteiger partial charge in [-0.3, -0.25) is 4.79 Å². The third-order valence-corrected chi connectivity index (χ3v) is 4.54. The van der Waals surface area contributed by atoms with Gasteiger partial charge in [0.2, 0.25) is 5.91 Å². The Labute approximate surface area is 160 Å². The fraction of sp³-hybridized carbons (Fsp3) is 0.429. The smallest absolute Gasteiger partial charge is 0.244 e. The molecule has 6 nitrogen and oxygen atoms in total. The van der Waals surface area contributed by atoms with Crippen LogP contribution in [0.15, 0.2) is 28.8 Å². The molecule has 1 heterocycles. The number of benzene rings is 1. The molecule has 27 heavy (non-hydrogen) atoms. The molecular weight excluding hydrogens is 344 g/mol. The zero-order valence-electron chi connectivity index (χ0n) is 16.8. The van der Waals surface area contributed by atoms with E-state index in [-0.39, 0.29) is 11.9 Å². The number of carbonyl (C=O) groups is 1. The van der Waals surface area contributed by atoms with Gasteiger partial charge < -0.3 is 19.3 Å². The Hall–Kier alpha value is -2.76. The average molecular weight is 372 g/mol. The van der Waals surface area contributed by atoms with E-state index in [0.717, 1.165) is 22.6 Å². The minimum atomic E-state index is -0.117. The van der Waals surface area contributed by atoms with E-state index in [0.29, 0.717) is 24.0 Å². The molecule has 0 saturated carbocycles. The van der Waals surface area contributed by atoms with E-state index in [2.05, 4.69) is 24.3 Å². The van der Waals surface area contributed by atoms with Gasteiger partial charge in [0, 0.05) is 12.1 Å². The fourth-order valence-corrected chi connectivity index (χ4v) is 2.38. The Balaban J connectivity index is 2.05. The number of ether oxygens (including phenoxy) is 2. The van der Waals surface area contributed by atoms with Gasteiger partial charge >= 0.3 is 0 Å². The first-order chi connectivity index (χ1) is 12.8. The number of aryl methyl sites for hydroxylation is 2. The first-order valence-corrected chi connectivity index (χ1v) is 9.03. The molecule has 1 atom stereocenters. The second kappa shape index (κ2) is 9.26. The number of amides is 1. The maximum atomic E-state index is 12.0. The van der Waals surface area contributed by atoms with E-state index in [1.54, 1.807) is 13.2 Å². The summed E-state index contributed by atoms with van der Waals surface area (Å²) in [4.78, 5) is 12.0. The van der Waals surface area contributed by atoms with E-state index in [1.807, 2.05) is 39.0 Å². The second-order valence-electron chi connectivity index (χ2n) is 6.88. The first-order valence-electron chi connectivity index (χ1n) is 9.03. The summed E-state index contributed by atoms with van der Waals surface area (Å²) in [6.07, 6.45) is 3.28. The van der Waals surface area contributed by atoms with Gasteiger partial charge in [-0.2, -0.15) is 0 Å². The molecular formula is C21H28N2O4. The van der Waals surface area contributed by atoms with Crippen LogP contribution in [0.1, 0.15) is 43.4 Å². The normalized spacial score (nSPS) is 12.4. The predicted molar refractivity (Wildman–Crippen MR) is 105 cm³/mol. The zero-order valence-corrected chi connectivity index (χ0v) is 16.8. The van der Waals surface area contributed by atoms with Gasteiger partial charge in [-0.25, -0.2) is 0 Å². The molecule has 0 radical (unpaired) electrons. The number of carbonyl (C=O) groups excluding carboxylic acids is 1. The quantitative estimate of drug-likeness (QED) is 0.708. The highest BCUT2D eigenvalue weighted by Gasteiger charge is 2.12. The molecule has 0 aliphatic rings. The number of hydrogen-bond donors (Lipinski definition) is 1. The summed E-state index contributed by atoms with van der Waals surface area (Å²) in [5, 5.41) is 6.86. The average Bonchev–Trinajstić information content (AvgIpc) is 2.96. The minimum absolute atomic E-state index is 0.117. The van der Waals surface area contributed by atoms with Gasteiger partial charge in [0.25, 0.3) is 0 Å². The lowest BCUT2D eigenvalue weighted by molar-refractivity contribution is -0.117. The molecule has 0 aliphatic heterocycles. The summed E-state index contributed by atoms with van der Waals surface area (Å²) in [6, 6.07) is 5.65. The number of hydrogen-bond acceptors (Lipinski definition) is 5. The summed E-state index contributed by atoms with van der Waals surface area (Å²) >= 11 is 0. The molecule has 0 saturated heterocycles. The Morgan fingerprint density at radius 1 is 1.26 bits per heavy atom. The number of aromatic nitrogens is 1. The van der Waals surface area contributed by atoms with Crippen molar-refractivity contribution in [2.24, 2.45) is 5.92 Å². The van der Waals surface area contributed by atoms with E-state index < -0.39 is 0 Å². The van der Waals surface area contributed by atoms with Gasteiger partial charge in [-0.1, -0.05) is 25.1 Å². The molecule has 0 spiro atoms. The Kier molecular flexibility index (Phi) is 7.05. The fourth-order valence-electron chi connectivity index (χ4n) is 2.38. The minimum Gasteiger partial charge on any atom is -0.493 e. The van der Waals surface area contributed by atoms with Crippen molar-refractivity contribution >= 4 is 12.0 Å². The standard InChI is InChI=1S/C21H28N2O4/c1-13(2)14(3)22-21(24)10-8-17-7-9-19(20(11-17)25-6)26-12-18-15(4)23-27-16(18)5/h7-11,13-14H,12H2,1-6H3,(H,22,24)/b10-8+. The van der Waals surface area contributed by atoms with E-state index >= 15 is 0 Å². The van der Waals surface area contributed by atoms with Crippen LogP contribution in [0.2, 0.25) is 0 Å². The van der Waals surface area contributed by atoms with E-state index in [9.17, 15) is 4.79 Å². The van der Waals surface area contributed by atoms with Gasteiger partial charge in [-0.15, -0.1) is 0 Å². The van der Waals surface area contributed by atoms with Crippen molar-refractivity contribution < 1.29 is 18.8 Å². The topological polar surface area (TPSA) is 73.6 Å². The summed E-state index contributed by atoms with van der Waals surface area (Å²) in [7, 11) is 1.59. The van der Waals surface area contributed by atoms with Crippen LogP contribution < -0.4 is 14.8 Å². The highest BCUT2D eigenvalue weighted by Crippen LogP contribution is 2.30. The highest BCUT2D eigenvalue weighted by molar-refractivity contribution is 5.92. The molecule has 2 aromatic rings. The second-order valence-corrected chi connectivity index (χ2v) is 6.88. The lowest BCUT2D eigenvalue weighted by Gasteiger charge is -2.15. The van der Waals surface area contributed by atoms with Crippen LogP contribution in [0.25, 0.3) is 6.08 Å². The predicted octanol–water partition coefficient (Wildman–Crippen LogP) is 4.05. The molecule has 1 amide bonds. The molecule has 0 bridgehead atoms. The highest BCUT2D eigenvalue weighted by atomic mass is 16.5. The number of rotatable bonds is 8. The lowest BCUT2D eigenvalue weighted by atomic mass is 10.1. The van der Waals surface area contributed by atoms with Crippen LogP contribution in [-0.4, -0.2) is 24.2 Å². The number of nitrogens with one attached hydrogen (secondary N) is 1. The van der Waals surface area contributed by atoms with Crippen LogP contribution >= 0.6 is 0 Å². The molecule has 6 heteroatoms. The van der Waals surface area contributed by atoms with Crippen molar-refractivity contribution in [3.05, 3.63) is 46.9 Å². The van der Waals surface area contributed by atoms with Crippen LogP contribution in [-0.2, 0) is 11.4 Å². The van der Waals surface area contributed by atoms with Crippen molar-refractivity contribution in [1.29, 1.82) is 0 Å². The maximum Gasteiger partial charge on any atom is 0.244 e. The molecule has 1 N–H and O–H groups in total. The van der Waals surface area contributed by atoms with Crippen LogP contribution in [0.3, 0.4) is 0 Å². The van der Waals surface area contributed by atoms with Crippen molar-refractivity contribution in [2.75, 3.05) is 7.11 Å². The monoisotopic (exact) mass is 372 g/mol. The van der Waals surface area contributed by atoms with Crippen molar-refractivity contribution in [3.63, 3.8) is 0 Å². The van der Waals surface area contributed by atoms with Crippen molar-refractivity contribution in [1.82, 2.24) is 10.5 Å².